The van der Waals surface area contributed by atoms with Gasteiger partial charge in [0.25, 0.3) is 6.33 Å². The summed E-state index contributed by atoms with van der Waals surface area (Å²) in [5.41, 5.74) is -1.08. The van der Waals surface area contributed by atoms with Crippen molar-refractivity contribution in [3.8, 4) is 78.5 Å². The van der Waals surface area contributed by atoms with Crippen molar-refractivity contribution in [3.63, 3.8) is 0 Å². The molecule has 4 aliphatic rings. The molecule has 15 rings (SSSR count). The molecule has 0 saturated heterocycles. The Hall–Kier alpha value is -8.80. The number of para-hydroxylation sites is 3. The number of ether oxygens (including phenoxy) is 1. The number of fused-ring (bicyclic) bond motifs is 14. The highest BCUT2D eigenvalue weighted by Crippen LogP contribution is 2.56. The predicted molar refractivity (Wildman–Crippen MR) is 359 cm³/mol. The van der Waals surface area contributed by atoms with Crippen LogP contribution in [0.15, 0.2) is 205 Å². The van der Waals surface area contributed by atoms with E-state index in [-0.39, 0.29) is 22.1 Å². The van der Waals surface area contributed by atoms with Crippen molar-refractivity contribution in [2.75, 3.05) is 0 Å². The van der Waals surface area contributed by atoms with Gasteiger partial charge in [-0.25, -0.2) is 4.99 Å². The molecule has 3 heterocycles. The molecule has 0 atom stereocenters. The normalized spacial score (nSPS) is 22.0. The molecule has 11 aromatic rings. The van der Waals surface area contributed by atoms with Gasteiger partial charge in [-0.3, -0.25) is 13.7 Å². The van der Waals surface area contributed by atoms with Gasteiger partial charge in [0.15, 0.2) is 0 Å². The second-order valence-corrected chi connectivity index (χ2v) is 25.8. The lowest BCUT2D eigenvalue weighted by Gasteiger charge is -2.43. The fourth-order valence-corrected chi connectivity index (χ4v) is 13.6. The number of benzene rings is 9. The lowest BCUT2D eigenvalue weighted by molar-refractivity contribution is -0.571. The Balaban J connectivity index is 1.06. The van der Waals surface area contributed by atoms with Gasteiger partial charge in [0.2, 0.25) is 0 Å². The first kappa shape index (κ1) is 36.9. The lowest BCUT2D eigenvalue weighted by atomic mass is 9.61. The largest absolute Gasteiger partial charge is 0.458 e. The van der Waals surface area contributed by atoms with Crippen LogP contribution < -0.4 is 9.30 Å². The van der Waals surface area contributed by atoms with E-state index in [1.54, 1.807) is 21.3 Å². The first-order valence-corrected chi connectivity index (χ1v) is 29.5. The van der Waals surface area contributed by atoms with E-state index in [0.29, 0.717) is 51.3 Å². The van der Waals surface area contributed by atoms with E-state index in [0.717, 1.165) is 85.0 Å². The highest BCUT2D eigenvalue weighted by atomic mass is 16.5. The second kappa shape index (κ2) is 19.4. The number of hydrogen-bond donors (Lipinski definition) is 0. The molecule has 5 heteroatoms. The molecule has 426 valence electrons. The zero-order chi connectivity index (χ0) is 75.4. The van der Waals surface area contributed by atoms with Gasteiger partial charge in [-0.2, -0.15) is 0 Å². The van der Waals surface area contributed by atoms with E-state index < -0.39 is 91.2 Å². The number of rotatable bonds is 6. The minimum Gasteiger partial charge on any atom is -0.458 e. The van der Waals surface area contributed by atoms with Crippen molar-refractivity contribution in [2.45, 2.75) is 130 Å². The molecule has 3 aliphatic carbocycles. The number of aromatic nitrogens is 3. The van der Waals surface area contributed by atoms with E-state index in [9.17, 15) is 17.8 Å². The van der Waals surface area contributed by atoms with Crippen LogP contribution in [0.1, 0.15) is 156 Å². The summed E-state index contributed by atoms with van der Waals surface area (Å²) in [7, 11) is 0. The average molecular weight is 1140 g/mol. The Kier molecular flexibility index (Phi) is 8.31. The van der Waals surface area contributed by atoms with Crippen LogP contribution in [0, 0.1) is 11.7 Å². The van der Waals surface area contributed by atoms with Gasteiger partial charge >= 0.3 is 0 Å². The van der Waals surface area contributed by atoms with Gasteiger partial charge in [-0.15, -0.1) is 0 Å². The molecule has 86 heavy (non-hydrogen) atoms. The molecule has 2 aromatic heterocycles. The Labute approximate surface area is 534 Å². The van der Waals surface area contributed by atoms with Crippen molar-refractivity contribution in [2.24, 2.45) is 10.4 Å². The minimum atomic E-state index is -4.55. The van der Waals surface area contributed by atoms with Gasteiger partial charge in [0.05, 0.1) is 37.6 Å². The van der Waals surface area contributed by atoms with E-state index in [2.05, 4.69) is 102 Å². The van der Waals surface area contributed by atoms with Gasteiger partial charge in [-0.1, -0.05) is 215 Å². The highest BCUT2D eigenvalue weighted by molar-refractivity contribution is 6.11. The number of aliphatic imine (C=N–C) groups is 1. The zero-order valence-corrected chi connectivity index (χ0v) is 49.1. The zero-order valence-electron chi connectivity index (χ0n) is 68.1. The SMILES string of the molecule is [2H]c1c([2H])c2c(c([2H])c1-c1ccc3c(c1-[n+]1[c-]n(-c4cccc(Oc5ccc6c7ccccc7n(C7=CC(C(C)(C)C)=CCC=N7)c6c5)c4)c4ccccc41)-c1cc4c(cc1-c1ccccc1-c1ccccc1-3)C(C)(C)CCC4(C)C)C(C([2H])([2H])[2H])(C([2H])([2H])[2H])C([2H])([2H])C([2H])([2H])C2(C([2H])([2H])[2H])C([2H])([2H])[2H]. The molecule has 0 fully saturated rings. The maximum Gasteiger partial charge on any atom is 0.269 e. The third-order valence-electron chi connectivity index (χ3n) is 18.2. The third-order valence-corrected chi connectivity index (χ3v) is 18.2. The quantitative estimate of drug-likeness (QED) is 0.121. The molecule has 1 aliphatic heterocycles. The van der Waals surface area contributed by atoms with Crippen molar-refractivity contribution in [1.82, 2.24) is 9.13 Å². The van der Waals surface area contributed by atoms with Gasteiger partial charge in [0, 0.05) is 57.0 Å². The van der Waals surface area contributed by atoms with Crippen LogP contribution >= 0.6 is 0 Å². The molecular formula is C81H76N4O. The lowest BCUT2D eigenvalue weighted by Crippen LogP contribution is -2.34. The predicted octanol–water partition coefficient (Wildman–Crippen LogP) is 21.2. The Morgan fingerprint density at radius 3 is 1.91 bits per heavy atom. The van der Waals surface area contributed by atoms with Gasteiger partial charge in [0.1, 0.15) is 17.3 Å². The molecule has 5 nitrogen and oxygen atoms in total. The second-order valence-electron chi connectivity index (χ2n) is 25.8. The van der Waals surface area contributed by atoms with E-state index in [1.165, 1.54) is 0 Å². The monoisotopic (exact) mass is 1140 g/mol. The summed E-state index contributed by atoms with van der Waals surface area (Å²) in [4.78, 5) is 5.00. The Morgan fingerprint density at radius 1 is 0.570 bits per heavy atom. The number of hydrogen-bond acceptors (Lipinski definition) is 2. The van der Waals surface area contributed by atoms with Crippen LogP contribution in [0.4, 0.5) is 0 Å². The molecular weight excluding hydrogens is 1040 g/mol. The molecule has 0 unspecified atom stereocenters. The van der Waals surface area contributed by atoms with Crippen molar-refractivity contribution < 1.29 is 35.3 Å². The van der Waals surface area contributed by atoms with Crippen molar-refractivity contribution >= 4 is 44.9 Å². The fraction of sp³-hybridized carbons (Fsp3) is 0.259. The summed E-state index contributed by atoms with van der Waals surface area (Å²) in [6.07, 6.45) is 3.19. The number of nitrogens with zero attached hydrogens (tertiary/aromatic N) is 4. The summed E-state index contributed by atoms with van der Waals surface area (Å²) in [5.74, 6) is 1.70. The number of imidazole rings is 1. The van der Waals surface area contributed by atoms with Crippen molar-refractivity contribution in [3.05, 3.63) is 228 Å². The maximum absolute atomic E-state index is 10.7. The number of allylic oxidation sites excluding steroid dienone is 3. The van der Waals surface area contributed by atoms with E-state index in [1.807, 2.05) is 128 Å². The fourth-order valence-electron chi connectivity index (χ4n) is 13.6. The molecule has 0 spiro atoms. The summed E-state index contributed by atoms with van der Waals surface area (Å²) in [6.45, 7) is -1.68. The smallest absolute Gasteiger partial charge is 0.269 e. The first-order valence-electron chi connectivity index (χ1n) is 39.0. The van der Waals surface area contributed by atoms with E-state index in [4.69, 9.17) is 18.0 Å². The van der Waals surface area contributed by atoms with E-state index >= 15 is 0 Å². The van der Waals surface area contributed by atoms with Crippen LogP contribution in [0.3, 0.4) is 0 Å². The topological polar surface area (TPSA) is 35.3 Å². The minimum absolute atomic E-state index is 0.127. The Morgan fingerprint density at radius 2 is 1.19 bits per heavy atom. The molecule has 9 aromatic carbocycles. The molecule has 0 saturated carbocycles. The average Bonchev–Trinajstić information content (AvgIpc) is 1.05. The summed E-state index contributed by atoms with van der Waals surface area (Å²) in [5, 5.41) is 2.02. The molecule has 0 radical (unpaired) electrons. The molecule has 0 amide bonds. The van der Waals surface area contributed by atoms with Crippen LogP contribution in [-0.2, 0) is 21.7 Å². The van der Waals surface area contributed by atoms with Gasteiger partial charge < -0.3 is 4.74 Å². The summed E-state index contributed by atoms with van der Waals surface area (Å²) < 4.78 is 193. The third kappa shape index (κ3) is 8.62. The molecule has 0 bridgehead atoms. The Bertz CT molecular complexity index is 5580. The van der Waals surface area contributed by atoms with Crippen LogP contribution in [0.5, 0.6) is 11.5 Å². The standard InChI is InChI=1S/C81H76N4O/c1-77(2,3)52-22-21-43-82-74(45-52)85-70-30-17-16-29-61(70)62-35-34-55(47-73(62)85)86-54-24-20-23-53(46-54)83-50-84(72-32-19-18-31-71(72)83)76-56(51-33-38-66-67(44-51)79(6,7)40-39-78(66,4)5)36-37-63-59-27-14-12-25-57(59)58-26-13-15-28-60(58)64-48-68-69(49-65(64)75(63)76)81(10,11)42-41-80(68,8)9/h12-20,22-38,43-49H,21,39-42H2,1-11H3/i4D3,5D3,6D3,7D3,33D,38D,39D2,40D2,44D. The van der Waals surface area contributed by atoms with Crippen molar-refractivity contribution in [1.29, 1.82) is 0 Å². The van der Waals surface area contributed by atoms with Crippen LogP contribution in [-0.4, -0.2) is 15.3 Å². The summed E-state index contributed by atoms with van der Waals surface area (Å²) in [6, 6.07) is 48.6. The van der Waals surface area contributed by atoms with Crippen LogP contribution in [0.2, 0.25) is 0 Å². The maximum atomic E-state index is 10.7. The van der Waals surface area contributed by atoms with Gasteiger partial charge in [-0.05, 0) is 179 Å². The highest BCUT2D eigenvalue weighted by Gasteiger charge is 2.41. The summed E-state index contributed by atoms with van der Waals surface area (Å²) >= 11 is 0. The first-order chi connectivity index (χ1) is 49.0. The molecule has 0 N–H and O–H groups in total. The van der Waals surface area contributed by atoms with Crippen LogP contribution in [0.25, 0.3) is 106 Å².